The SMILES string of the molecule is CCl.CCl.c1ccc2ccccc2c1. The molecule has 0 aromatic heterocycles. The van der Waals surface area contributed by atoms with Crippen molar-refractivity contribution in [3.05, 3.63) is 48.5 Å². The van der Waals surface area contributed by atoms with Crippen molar-refractivity contribution in [3.8, 4) is 0 Å². The van der Waals surface area contributed by atoms with E-state index in [1.54, 1.807) is 0 Å². The maximum absolute atomic E-state index is 4.64. The zero-order valence-electron chi connectivity index (χ0n) is 8.37. The summed E-state index contributed by atoms with van der Waals surface area (Å²) in [7, 11) is 0. The molecular weight excluding hydrogens is 215 g/mol. The zero-order valence-corrected chi connectivity index (χ0v) is 9.89. The van der Waals surface area contributed by atoms with E-state index < -0.39 is 0 Å². The van der Waals surface area contributed by atoms with E-state index in [9.17, 15) is 0 Å². The predicted molar refractivity (Wildman–Crippen MR) is 67.5 cm³/mol. The third kappa shape index (κ3) is 3.99. The van der Waals surface area contributed by atoms with E-state index >= 15 is 0 Å². The molecule has 0 radical (unpaired) electrons. The summed E-state index contributed by atoms with van der Waals surface area (Å²) in [5.74, 6) is 0. The first-order chi connectivity index (χ1) is 6.97. The Kier molecular flexibility index (Phi) is 8.40. The molecule has 2 aromatic rings. The van der Waals surface area contributed by atoms with Gasteiger partial charge in [0.05, 0.1) is 0 Å². The van der Waals surface area contributed by atoms with Gasteiger partial charge in [0.15, 0.2) is 0 Å². The van der Waals surface area contributed by atoms with E-state index in [0.29, 0.717) is 0 Å². The fraction of sp³-hybridized carbons (Fsp3) is 0.167. The Bertz CT molecular complexity index is 279. The molecule has 0 aliphatic rings. The first-order valence-electron chi connectivity index (χ1n) is 4.16. The summed E-state index contributed by atoms with van der Waals surface area (Å²) in [6.45, 7) is 0. The van der Waals surface area contributed by atoms with Crippen molar-refractivity contribution in [3.63, 3.8) is 0 Å². The second-order valence-electron chi connectivity index (χ2n) is 2.35. The lowest BCUT2D eigenvalue weighted by Gasteiger charge is -1.92. The van der Waals surface area contributed by atoms with Gasteiger partial charge >= 0.3 is 0 Å². The van der Waals surface area contributed by atoms with Gasteiger partial charge in [0.1, 0.15) is 0 Å². The molecule has 0 N–H and O–H groups in total. The van der Waals surface area contributed by atoms with Crippen LogP contribution in [0, 0.1) is 0 Å². The molecule has 0 fully saturated rings. The Balaban J connectivity index is 0.000000379. The summed E-state index contributed by atoms with van der Waals surface area (Å²) in [6.07, 6.45) is 2.94. The average molecular weight is 229 g/mol. The Labute approximate surface area is 95.5 Å². The van der Waals surface area contributed by atoms with E-state index in [0.717, 1.165) is 0 Å². The highest BCUT2D eigenvalue weighted by atomic mass is 35.5. The molecule has 0 nitrogen and oxygen atoms in total. The minimum absolute atomic E-state index is 1.31. The van der Waals surface area contributed by atoms with Crippen LogP contribution < -0.4 is 0 Å². The molecule has 0 bridgehead atoms. The van der Waals surface area contributed by atoms with Crippen LogP contribution in [0.25, 0.3) is 10.8 Å². The van der Waals surface area contributed by atoms with Crippen LogP contribution >= 0.6 is 23.2 Å². The molecule has 0 amide bonds. The van der Waals surface area contributed by atoms with Gasteiger partial charge in [-0.05, 0) is 10.8 Å². The van der Waals surface area contributed by atoms with Gasteiger partial charge in [-0.2, -0.15) is 0 Å². The van der Waals surface area contributed by atoms with Crippen molar-refractivity contribution >= 4 is 34.0 Å². The van der Waals surface area contributed by atoms with Crippen LogP contribution in [0.2, 0.25) is 0 Å². The fourth-order valence-electron chi connectivity index (χ4n) is 1.13. The highest BCUT2D eigenvalue weighted by Crippen LogP contribution is 2.11. The van der Waals surface area contributed by atoms with Crippen molar-refractivity contribution in [2.45, 2.75) is 0 Å². The predicted octanol–water partition coefficient (Wildman–Crippen LogP) is 4.55. The first kappa shape index (κ1) is 13.3. The minimum Gasteiger partial charge on any atom is -0.130 e. The molecule has 0 heterocycles. The molecule has 76 valence electrons. The van der Waals surface area contributed by atoms with Crippen LogP contribution in [0.5, 0.6) is 0 Å². The van der Waals surface area contributed by atoms with Gasteiger partial charge in [-0.25, -0.2) is 0 Å². The molecule has 0 spiro atoms. The van der Waals surface area contributed by atoms with Gasteiger partial charge in [-0.1, -0.05) is 48.5 Å². The molecule has 0 aliphatic carbocycles. The number of hydrogen-bond donors (Lipinski definition) is 0. The van der Waals surface area contributed by atoms with E-state index in [1.807, 2.05) is 0 Å². The van der Waals surface area contributed by atoms with Crippen LogP contribution in [0.3, 0.4) is 0 Å². The monoisotopic (exact) mass is 228 g/mol. The van der Waals surface area contributed by atoms with E-state index in [4.69, 9.17) is 0 Å². The third-order valence-corrected chi connectivity index (χ3v) is 1.66. The first-order valence-corrected chi connectivity index (χ1v) is 5.67. The third-order valence-electron chi connectivity index (χ3n) is 1.66. The molecule has 0 saturated carbocycles. The molecule has 2 heteroatoms. The van der Waals surface area contributed by atoms with Crippen molar-refractivity contribution in [2.75, 3.05) is 12.8 Å². The quantitative estimate of drug-likeness (QED) is 0.581. The number of fused-ring (bicyclic) bond motifs is 1. The number of rotatable bonds is 0. The molecular formula is C12H14Cl2. The van der Waals surface area contributed by atoms with Crippen molar-refractivity contribution in [1.29, 1.82) is 0 Å². The van der Waals surface area contributed by atoms with Gasteiger partial charge in [-0.15, -0.1) is 23.2 Å². The number of halogens is 2. The summed E-state index contributed by atoms with van der Waals surface area (Å²) in [6, 6.07) is 16.7. The van der Waals surface area contributed by atoms with Gasteiger partial charge < -0.3 is 0 Å². The summed E-state index contributed by atoms with van der Waals surface area (Å²) < 4.78 is 0. The number of hydrogen-bond acceptors (Lipinski definition) is 0. The smallest absolute Gasteiger partial charge is 0.0108 e. The van der Waals surface area contributed by atoms with E-state index in [-0.39, 0.29) is 0 Å². The van der Waals surface area contributed by atoms with Crippen molar-refractivity contribution in [1.82, 2.24) is 0 Å². The van der Waals surface area contributed by atoms with Crippen molar-refractivity contribution < 1.29 is 0 Å². The summed E-state index contributed by atoms with van der Waals surface area (Å²) >= 11 is 9.28. The van der Waals surface area contributed by atoms with Gasteiger partial charge in [0.2, 0.25) is 0 Å². The Morgan fingerprint density at radius 2 is 0.786 bits per heavy atom. The van der Waals surface area contributed by atoms with Gasteiger partial charge in [0, 0.05) is 12.8 Å². The van der Waals surface area contributed by atoms with Gasteiger partial charge in [0.25, 0.3) is 0 Å². The molecule has 14 heavy (non-hydrogen) atoms. The second-order valence-corrected chi connectivity index (χ2v) is 2.35. The van der Waals surface area contributed by atoms with Crippen LogP contribution in [0.15, 0.2) is 48.5 Å². The molecule has 0 saturated heterocycles. The number of alkyl halides is 2. The highest BCUT2D eigenvalue weighted by Gasteiger charge is 1.85. The average Bonchev–Trinajstić information content (AvgIpc) is 2.34. The highest BCUT2D eigenvalue weighted by molar-refractivity contribution is 6.15. The summed E-state index contributed by atoms with van der Waals surface area (Å²) in [5.41, 5.74) is 0. The number of benzene rings is 2. The summed E-state index contributed by atoms with van der Waals surface area (Å²) in [5, 5.41) is 2.62. The maximum atomic E-state index is 4.64. The molecule has 0 atom stereocenters. The summed E-state index contributed by atoms with van der Waals surface area (Å²) in [4.78, 5) is 0. The lowest BCUT2D eigenvalue weighted by atomic mass is 10.1. The topological polar surface area (TPSA) is 0 Å². The molecule has 0 unspecified atom stereocenters. The van der Waals surface area contributed by atoms with Crippen LogP contribution in [0.4, 0.5) is 0 Å². The van der Waals surface area contributed by atoms with Crippen LogP contribution in [0.1, 0.15) is 0 Å². The Morgan fingerprint density at radius 3 is 1.00 bits per heavy atom. The largest absolute Gasteiger partial charge is 0.130 e. The minimum atomic E-state index is 1.31. The van der Waals surface area contributed by atoms with Crippen LogP contribution in [-0.2, 0) is 0 Å². The zero-order chi connectivity index (χ0) is 10.8. The molecule has 2 rings (SSSR count). The normalized spacial score (nSPS) is 8.00. The maximum Gasteiger partial charge on any atom is 0.0108 e. The Morgan fingerprint density at radius 1 is 0.571 bits per heavy atom. The van der Waals surface area contributed by atoms with E-state index in [1.165, 1.54) is 23.5 Å². The standard InChI is InChI=1S/C10H8.2CH3Cl/c1-2-6-10-8-4-3-7-9(10)5-1;2*1-2/h1-8H;2*1H3. The molecule has 2 aromatic carbocycles. The fourth-order valence-corrected chi connectivity index (χ4v) is 1.13. The Hall–Kier alpha value is -0.720. The van der Waals surface area contributed by atoms with Gasteiger partial charge in [-0.3, -0.25) is 0 Å². The lowest BCUT2D eigenvalue weighted by Crippen LogP contribution is -1.67. The molecule has 0 aliphatic heterocycles. The lowest BCUT2D eigenvalue weighted by molar-refractivity contribution is 1.75. The van der Waals surface area contributed by atoms with Crippen LogP contribution in [-0.4, -0.2) is 12.8 Å². The van der Waals surface area contributed by atoms with Crippen molar-refractivity contribution in [2.24, 2.45) is 0 Å². The second kappa shape index (κ2) is 8.86. The van der Waals surface area contributed by atoms with E-state index in [2.05, 4.69) is 71.7 Å².